The van der Waals surface area contributed by atoms with E-state index in [2.05, 4.69) is 10.6 Å². The first-order valence-electron chi connectivity index (χ1n) is 9.60. The molecule has 160 valence electrons. The summed E-state index contributed by atoms with van der Waals surface area (Å²) in [5.74, 6) is -0.664. The molecular formula is C22H28N4O4. The van der Waals surface area contributed by atoms with E-state index in [1.54, 1.807) is 24.9 Å². The van der Waals surface area contributed by atoms with Gasteiger partial charge in [0.2, 0.25) is 11.8 Å². The molecule has 0 radical (unpaired) electrons. The predicted molar refractivity (Wildman–Crippen MR) is 118 cm³/mol. The highest BCUT2D eigenvalue weighted by atomic mass is 16.6. The van der Waals surface area contributed by atoms with E-state index in [9.17, 15) is 19.7 Å². The molecule has 2 amide bonds. The van der Waals surface area contributed by atoms with Crippen molar-refractivity contribution in [2.75, 3.05) is 30.8 Å². The SMILES string of the molecule is Cc1cc(C)c(NC(=O)CN(C)CC(=O)Nc2c([N+](=O)[O-])ccc(C)c2C)c(C)c1. The summed E-state index contributed by atoms with van der Waals surface area (Å²) in [6.45, 7) is 9.34. The van der Waals surface area contributed by atoms with Crippen LogP contribution in [0.25, 0.3) is 0 Å². The van der Waals surface area contributed by atoms with Gasteiger partial charge in [0.05, 0.1) is 18.0 Å². The molecule has 0 aliphatic rings. The number of nitrogens with zero attached hydrogens (tertiary/aromatic N) is 2. The summed E-state index contributed by atoms with van der Waals surface area (Å²) in [5.41, 5.74) is 5.36. The van der Waals surface area contributed by atoms with Gasteiger partial charge < -0.3 is 10.6 Å². The Bertz CT molecular complexity index is 978. The molecule has 0 aromatic heterocycles. The van der Waals surface area contributed by atoms with Crippen LogP contribution in [0.15, 0.2) is 24.3 Å². The number of anilines is 2. The topological polar surface area (TPSA) is 105 Å². The summed E-state index contributed by atoms with van der Waals surface area (Å²) in [6.07, 6.45) is 0. The highest BCUT2D eigenvalue weighted by Crippen LogP contribution is 2.30. The van der Waals surface area contributed by atoms with E-state index in [4.69, 9.17) is 0 Å². The first kappa shape index (κ1) is 23.0. The van der Waals surface area contributed by atoms with E-state index in [0.717, 1.165) is 27.9 Å². The van der Waals surface area contributed by atoms with Crippen molar-refractivity contribution in [3.63, 3.8) is 0 Å². The average Bonchev–Trinajstić information content (AvgIpc) is 2.61. The molecule has 30 heavy (non-hydrogen) atoms. The quantitative estimate of drug-likeness (QED) is 0.534. The maximum Gasteiger partial charge on any atom is 0.293 e. The van der Waals surface area contributed by atoms with Crippen molar-refractivity contribution in [2.24, 2.45) is 0 Å². The van der Waals surface area contributed by atoms with E-state index in [1.807, 2.05) is 39.8 Å². The fourth-order valence-corrected chi connectivity index (χ4v) is 3.39. The zero-order valence-corrected chi connectivity index (χ0v) is 18.3. The normalized spacial score (nSPS) is 10.8. The van der Waals surface area contributed by atoms with Gasteiger partial charge in [0, 0.05) is 11.8 Å². The number of carbonyl (C=O) groups excluding carboxylic acids is 2. The fraction of sp³-hybridized carbons (Fsp3) is 0.364. The van der Waals surface area contributed by atoms with Crippen molar-refractivity contribution in [2.45, 2.75) is 34.6 Å². The number of amides is 2. The zero-order valence-electron chi connectivity index (χ0n) is 18.3. The van der Waals surface area contributed by atoms with Crippen LogP contribution in [0.4, 0.5) is 17.1 Å². The molecule has 8 heteroatoms. The van der Waals surface area contributed by atoms with Crippen LogP contribution in [0.1, 0.15) is 27.8 Å². The molecule has 8 nitrogen and oxygen atoms in total. The Labute approximate surface area is 176 Å². The van der Waals surface area contributed by atoms with Gasteiger partial charge in [-0.1, -0.05) is 23.8 Å². The third-order valence-electron chi connectivity index (χ3n) is 4.94. The molecule has 2 aromatic rings. The second-order valence-electron chi connectivity index (χ2n) is 7.70. The lowest BCUT2D eigenvalue weighted by atomic mass is 10.1. The van der Waals surface area contributed by atoms with Crippen LogP contribution in [0, 0.1) is 44.7 Å². The van der Waals surface area contributed by atoms with Crippen molar-refractivity contribution in [1.82, 2.24) is 4.90 Å². The lowest BCUT2D eigenvalue weighted by molar-refractivity contribution is -0.384. The van der Waals surface area contributed by atoms with Crippen molar-refractivity contribution in [1.29, 1.82) is 0 Å². The molecule has 0 atom stereocenters. The molecule has 0 fully saturated rings. The largest absolute Gasteiger partial charge is 0.324 e. The maximum atomic E-state index is 12.4. The average molecular weight is 412 g/mol. The molecular weight excluding hydrogens is 384 g/mol. The van der Waals surface area contributed by atoms with Crippen LogP contribution >= 0.6 is 0 Å². The highest BCUT2D eigenvalue weighted by molar-refractivity contribution is 5.97. The van der Waals surface area contributed by atoms with Gasteiger partial charge >= 0.3 is 0 Å². The third kappa shape index (κ3) is 5.64. The molecule has 0 unspecified atom stereocenters. The Kier molecular flexibility index (Phi) is 7.28. The summed E-state index contributed by atoms with van der Waals surface area (Å²) in [7, 11) is 1.64. The number of hydrogen-bond acceptors (Lipinski definition) is 5. The van der Waals surface area contributed by atoms with E-state index >= 15 is 0 Å². The lowest BCUT2D eigenvalue weighted by Gasteiger charge is -2.18. The summed E-state index contributed by atoms with van der Waals surface area (Å²) in [4.78, 5) is 37.2. The second-order valence-corrected chi connectivity index (χ2v) is 7.70. The van der Waals surface area contributed by atoms with Gasteiger partial charge in [-0.05, 0) is 63.9 Å². The van der Waals surface area contributed by atoms with Crippen LogP contribution in [0.3, 0.4) is 0 Å². The number of benzene rings is 2. The molecule has 0 aliphatic carbocycles. The number of nitrogens with one attached hydrogen (secondary N) is 2. The molecule has 0 aliphatic heterocycles. The number of aryl methyl sites for hydroxylation is 4. The van der Waals surface area contributed by atoms with Crippen molar-refractivity contribution in [3.05, 3.63) is 62.2 Å². The molecule has 0 saturated heterocycles. The van der Waals surface area contributed by atoms with Crippen LogP contribution in [0.2, 0.25) is 0 Å². The first-order valence-corrected chi connectivity index (χ1v) is 9.60. The monoisotopic (exact) mass is 412 g/mol. The summed E-state index contributed by atoms with van der Waals surface area (Å²) in [6, 6.07) is 7.02. The van der Waals surface area contributed by atoms with Crippen molar-refractivity contribution in [3.8, 4) is 0 Å². The van der Waals surface area contributed by atoms with E-state index < -0.39 is 10.8 Å². The van der Waals surface area contributed by atoms with Gasteiger partial charge in [-0.25, -0.2) is 0 Å². The first-order chi connectivity index (χ1) is 14.0. The summed E-state index contributed by atoms with van der Waals surface area (Å²) in [5, 5.41) is 16.8. The Morgan fingerprint density at radius 1 is 0.900 bits per heavy atom. The molecule has 2 rings (SSSR count). The minimum atomic E-state index is -0.522. The number of nitro groups is 1. The minimum absolute atomic E-state index is 0.00900. The standard InChI is InChI=1S/C22H28N4O4/c1-13-9-15(3)21(16(4)10-13)23-19(27)11-25(6)12-20(28)24-22-17(5)14(2)7-8-18(22)26(29)30/h7-10H,11-12H2,1-6H3,(H,23,27)(H,24,28). The van der Waals surface area contributed by atoms with Crippen LogP contribution in [0.5, 0.6) is 0 Å². The van der Waals surface area contributed by atoms with Gasteiger partial charge in [-0.15, -0.1) is 0 Å². The number of likely N-dealkylation sites (N-methyl/N-ethyl adjacent to an activating group) is 1. The molecule has 0 heterocycles. The van der Waals surface area contributed by atoms with Crippen molar-refractivity contribution < 1.29 is 14.5 Å². The predicted octanol–water partition coefficient (Wildman–Crippen LogP) is 3.65. The lowest BCUT2D eigenvalue weighted by Crippen LogP contribution is -2.36. The van der Waals surface area contributed by atoms with Gasteiger partial charge in [0.1, 0.15) is 5.69 Å². The minimum Gasteiger partial charge on any atom is -0.324 e. The van der Waals surface area contributed by atoms with Crippen LogP contribution in [-0.4, -0.2) is 41.8 Å². The number of rotatable bonds is 7. The molecule has 2 aromatic carbocycles. The second kappa shape index (κ2) is 9.49. The van der Waals surface area contributed by atoms with Crippen LogP contribution in [-0.2, 0) is 9.59 Å². The van der Waals surface area contributed by atoms with Crippen molar-refractivity contribution >= 4 is 28.9 Å². The number of nitro benzene ring substituents is 1. The Morgan fingerprint density at radius 3 is 1.90 bits per heavy atom. The van der Waals surface area contributed by atoms with Gasteiger partial charge in [-0.2, -0.15) is 0 Å². The molecule has 0 spiro atoms. The van der Waals surface area contributed by atoms with E-state index in [0.29, 0.717) is 5.56 Å². The summed E-state index contributed by atoms with van der Waals surface area (Å²) < 4.78 is 0. The van der Waals surface area contributed by atoms with E-state index in [-0.39, 0.29) is 30.4 Å². The summed E-state index contributed by atoms with van der Waals surface area (Å²) >= 11 is 0. The zero-order chi connectivity index (χ0) is 22.6. The fourth-order valence-electron chi connectivity index (χ4n) is 3.39. The van der Waals surface area contributed by atoms with E-state index in [1.165, 1.54) is 6.07 Å². The van der Waals surface area contributed by atoms with Gasteiger partial charge in [0.15, 0.2) is 0 Å². The Morgan fingerprint density at radius 2 is 1.40 bits per heavy atom. The van der Waals surface area contributed by atoms with Crippen LogP contribution < -0.4 is 10.6 Å². The third-order valence-corrected chi connectivity index (χ3v) is 4.94. The highest BCUT2D eigenvalue weighted by Gasteiger charge is 2.20. The molecule has 2 N–H and O–H groups in total. The van der Waals surface area contributed by atoms with Gasteiger partial charge in [0.25, 0.3) is 5.69 Å². The number of carbonyl (C=O) groups is 2. The molecule has 0 saturated carbocycles. The number of hydrogen-bond donors (Lipinski definition) is 2. The smallest absolute Gasteiger partial charge is 0.293 e. The maximum absolute atomic E-state index is 12.4. The molecule has 0 bridgehead atoms. The Hall–Kier alpha value is -3.26. The van der Waals surface area contributed by atoms with Gasteiger partial charge in [-0.3, -0.25) is 24.6 Å². The Balaban J connectivity index is 2.01.